The van der Waals surface area contributed by atoms with Crippen LogP contribution in [-0.2, 0) is 23.8 Å². The number of Topliss-reactive ketones (excluding diaryl/α,β-unsaturated/α-hetero) is 1. The van der Waals surface area contributed by atoms with E-state index in [4.69, 9.17) is 18.9 Å². The standard InChI is InChI=1S/C17H23NO6/c19-14-15(20)13-18-5-6-21-7-8-22-9-10-23-11-12-24-17-4-2-1-3-16(17)18/h1-4,14H,5-13H2. The fourth-order valence-electron chi connectivity index (χ4n) is 2.28. The Labute approximate surface area is 141 Å². The summed E-state index contributed by atoms with van der Waals surface area (Å²) in [5.41, 5.74) is 0.752. The number of carbonyl (C=O) groups excluding carboxylic acids is 2. The molecule has 24 heavy (non-hydrogen) atoms. The number of fused-ring (bicyclic) bond motifs is 1. The molecule has 7 heteroatoms. The fourth-order valence-corrected chi connectivity index (χ4v) is 2.28. The number of nitrogens with zero attached hydrogens (tertiary/aromatic N) is 1. The van der Waals surface area contributed by atoms with E-state index >= 15 is 0 Å². The lowest BCUT2D eigenvalue weighted by Gasteiger charge is -2.25. The maximum Gasteiger partial charge on any atom is 0.214 e. The highest BCUT2D eigenvalue weighted by Crippen LogP contribution is 2.27. The largest absolute Gasteiger partial charge is 0.489 e. The molecule has 132 valence electrons. The molecule has 1 aromatic carbocycles. The topological polar surface area (TPSA) is 74.3 Å². The number of aldehydes is 1. The van der Waals surface area contributed by atoms with Crippen molar-refractivity contribution in [3.63, 3.8) is 0 Å². The van der Waals surface area contributed by atoms with Crippen LogP contribution in [0.25, 0.3) is 0 Å². The Morgan fingerprint density at radius 3 is 2.29 bits per heavy atom. The molecule has 1 aliphatic heterocycles. The molecule has 1 aliphatic rings. The molecule has 0 N–H and O–H groups in total. The van der Waals surface area contributed by atoms with E-state index in [0.717, 1.165) is 5.69 Å². The lowest BCUT2D eigenvalue weighted by atomic mass is 10.2. The third-order valence-corrected chi connectivity index (χ3v) is 3.42. The quantitative estimate of drug-likeness (QED) is 0.594. The Morgan fingerprint density at radius 2 is 1.58 bits per heavy atom. The Hall–Kier alpha value is -1.96. The van der Waals surface area contributed by atoms with Crippen molar-refractivity contribution < 1.29 is 28.5 Å². The Morgan fingerprint density at radius 1 is 0.958 bits per heavy atom. The first kappa shape index (κ1) is 18.4. The number of ketones is 1. The van der Waals surface area contributed by atoms with Crippen LogP contribution in [-0.4, -0.2) is 71.4 Å². The molecule has 0 spiro atoms. The van der Waals surface area contributed by atoms with E-state index in [-0.39, 0.29) is 6.54 Å². The average Bonchev–Trinajstić information content (AvgIpc) is 2.62. The van der Waals surface area contributed by atoms with Gasteiger partial charge in [-0.15, -0.1) is 0 Å². The summed E-state index contributed by atoms with van der Waals surface area (Å²) >= 11 is 0. The Bertz CT molecular complexity index is 522. The van der Waals surface area contributed by atoms with Gasteiger partial charge in [0.25, 0.3) is 0 Å². The summed E-state index contributed by atoms with van der Waals surface area (Å²) in [4.78, 5) is 24.1. The van der Waals surface area contributed by atoms with E-state index in [1.165, 1.54) is 0 Å². The van der Waals surface area contributed by atoms with Crippen LogP contribution < -0.4 is 9.64 Å². The molecule has 2 rings (SSSR count). The van der Waals surface area contributed by atoms with Crippen LogP contribution in [0.3, 0.4) is 0 Å². The van der Waals surface area contributed by atoms with Gasteiger partial charge in [-0.1, -0.05) is 12.1 Å². The van der Waals surface area contributed by atoms with Crippen molar-refractivity contribution in [2.75, 3.05) is 64.2 Å². The summed E-state index contributed by atoms with van der Waals surface area (Å²) in [5.74, 6) is 0.153. The van der Waals surface area contributed by atoms with Gasteiger partial charge in [-0.2, -0.15) is 0 Å². The van der Waals surface area contributed by atoms with Crippen LogP contribution in [0.15, 0.2) is 24.3 Å². The van der Waals surface area contributed by atoms with Crippen molar-refractivity contribution in [2.24, 2.45) is 0 Å². The van der Waals surface area contributed by atoms with E-state index in [9.17, 15) is 9.59 Å². The van der Waals surface area contributed by atoms with Gasteiger partial charge in [-0.25, -0.2) is 0 Å². The second kappa shape index (κ2) is 10.7. The van der Waals surface area contributed by atoms with E-state index < -0.39 is 5.78 Å². The first-order valence-corrected chi connectivity index (χ1v) is 7.99. The van der Waals surface area contributed by atoms with Crippen molar-refractivity contribution >= 4 is 17.8 Å². The SMILES string of the molecule is O=CC(=O)CN1CCOCCOCCOCCOc2ccccc21. The predicted molar refractivity (Wildman–Crippen MR) is 87.7 cm³/mol. The molecule has 0 amide bonds. The highest BCUT2D eigenvalue weighted by molar-refractivity contribution is 6.26. The predicted octanol–water partition coefficient (Wildman–Crippen LogP) is 0.703. The molecule has 0 bridgehead atoms. The first-order valence-electron chi connectivity index (χ1n) is 7.99. The molecule has 0 saturated heterocycles. The third kappa shape index (κ3) is 6.27. The van der Waals surface area contributed by atoms with Crippen LogP contribution in [0.1, 0.15) is 0 Å². The summed E-state index contributed by atoms with van der Waals surface area (Å²) in [5, 5.41) is 0. The van der Waals surface area contributed by atoms with Crippen LogP contribution >= 0.6 is 0 Å². The van der Waals surface area contributed by atoms with E-state index in [0.29, 0.717) is 64.8 Å². The molecular formula is C17H23NO6. The molecular weight excluding hydrogens is 314 g/mol. The lowest BCUT2D eigenvalue weighted by Crippen LogP contribution is -2.34. The minimum atomic E-state index is -0.491. The monoisotopic (exact) mass is 337 g/mol. The van der Waals surface area contributed by atoms with Gasteiger partial charge in [-0.05, 0) is 12.1 Å². The molecule has 0 unspecified atom stereocenters. The number of para-hydroxylation sites is 2. The molecule has 7 nitrogen and oxygen atoms in total. The first-order chi connectivity index (χ1) is 11.8. The summed E-state index contributed by atoms with van der Waals surface area (Å²) in [7, 11) is 0. The second-order valence-corrected chi connectivity index (χ2v) is 5.16. The zero-order chi connectivity index (χ0) is 17.0. The average molecular weight is 337 g/mol. The molecule has 1 aromatic rings. The molecule has 0 fully saturated rings. The highest BCUT2D eigenvalue weighted by atomic mass is 16.6. The van der Waals surface area contributed by atoms with Gasteiger partial charge in [0, 0.05) is 6.54 Å². The molecule has 0 saturated carbocycles. The van der Waals surface area contributed by atoms with E-state index in [1.54, 1.807) is 4.90 Å². The number of hydrogen-bond donors (Lipinski definition) is 0. The number of ether oxygens (including phenoxy) is 4. The smallest absolute Gasteiger partial charge is 0.214 e. The van der Waals surface area contributed by atoms with Crippen molar-refractivity contribution in [3.05, 3.63) is 24.3 Å². The van der Waals surface area contributed by atoms with Gasteiger partial charge in [0.2, 0.25) is 5.78 Å². The normalized spacial score (nSPS) is 17.8. The van der Waals surface area contributed by atoms with Crippen molar-refractivity contribution in [3.8, 4) is 5.75 Å². The van der Waals surface area contributed by atoms with E-state index in [2.05, 4.69) is 0 Å². The second-order valence-electron chi connectivity index (χ2n) is 5.16. The number of carbonyl (C=O) groups is 2. The van der Waals surface area contributed by atoms with Gasteiger partial charge in [-0.3, -0.25) is 9.59 Å². The number of rotatable bonds is 3. The summed E-state index contributed by atoms with van der Waals surface area (Å²) in [6.45, 7) is 3.68. The Balaban J connectivity index is 2.11. The zero-order valence-corrected chi connectivity index (χ0v) is 13.6. The third-order valence-electron chi connectivity index (χ3n) is 3.42. The van der Waals surface area contributed by atoms with Crippen molar-refractivity contribution in [1.29, 1.82) is 0 Å². The maximum atomic E-state index is 11.6. The summed E-state index contributed by atoms with van der Waals surface area (Å²) < 4.78 is 22.1. The molecule has 0 aromatic heterocycles. The highest BCUT2D eigenvalue weighted by Gasteiger charge is 2.15. The van der Waals surface area contributed by atoms with Gasteiger partial charge >= 0.3 is 0 Å². The van der Waals surface area contributed by atoms with Crippen LogP contribution in [0.4, 0.5) is 5.69 Å². The molecule has 0 atom stereocenters. The lowest BCUT2D eigenvalue weighted by molar-refractivity contribution is -0.128. The van der Waals surface area contributed by atoms with Gasteiger partial charge < -0.3 is 23.8 Å². The van der Waals surface area contributed by atoms with Gasteiger partial charge in [0.1, 0.15) is 12.4 Å². The number of hydrogen-bond acceptors (Lipinski definition) is 7. The van der Waals surface area contributed by atoms with Crippen LogP contribution in [0.2, 0.25) is 0 Å². The Kier molecular flexibility index (Phi) is 8.23. The van der Waals surface area contributed by atoms with Gasteiger partial charge in [0.15, 0.2) is 6.29 Å². The maximum absolute atomic E-state index is 11.6. The van der Waals surface area contributed by atoms with Crippen LogP contribution in [0.5, 0.6) is 5.75 Å². The molecule has 0 radical (unpaired) electrons. The fraction of sp³-hybridized carbons (Fsp3) is 0.529. The summed E-state index contributed by atoms with van der Waals surface area (Å²) in [6.07, 6.45) is 0.335. The molecule has 1 heterocycles. The molecule has 0 aliphatic carbocycles. The van der Waals surface area contributed by atoms with E-state index in [1.807, 2.05) is 24.3 Å². The number of anilines is 1. The van der Waals surface area contributed by atoms with Crippen molar-refractivity contribution in [1.82, 2.24) is 0 Å². The minimum Gasteiger partial charge on any atom is -0.489 e. The number of benzene rings is 1. The zero-order valence-electron chi connectivity index (χ0n) is 13.6. The van der Waals surface area contributed by atoms with Gasteiger partial charge in [0.05, 0.1) is 51.9 Å². The summed E-state index contributed by atoms with van der Waals surface area (Å²) in [6, 6.07) is 7.41. The van der Waals surface area contributed by atoms with Crippen molar-refractivity contribution in [2.45, 2.75) is 0 Å². The van der Waals surface area contributed by atoms with Crippen LogP contribution in [0, 0.1) is 0 Å². The minimum absolute atomic E-state index is 0.0137.